The number of hydrogen-bond acceptors (Lipinski definition) is 3. The van der Waals surface area contributed by atoms with E-state index in [1.165, 1.54) is 0 Å². The highest BCUT2D eigenvalue weighted by atomic mass is 16.3. The number of amides is 1. The van der Waals surface area contributed by atoms with Crippen LogP contribution in [-0.2, 0) is 0 Å². The van der Waals surface area contributed by atoms with Crippen molar-refractivity contribution in [2.24, 2.45) is 5.92 Å². The van der Waals surface area contributed by atoms with Crippen molar-refractivity contribution < 1.29 is 14.7 Å². The number of aliphatic hydroxyl groups is 1. The fourth-order valence-corrected chi connectivity index (χ4v) is 1.49. The largest absolute Gasteiger partial charge is 0.391 e. The van der Waals surface area contributed by atoms with Crippen LogP contribution in [0.3, 0.4) is 0 Å². The molecule has 0 saturated heterocycles. The minimum atomic E-state index is -0.534. The van der Waals surface area contributed by atoms with E-state index in [1.807, 2.05) is 13.8 Å². The van der Waals surface area contributed by atoms with Crippen molar-refractivity contribution in [1.29, 1.82) is 0 Å². The van der Waals surface area contributed by atoms with Crippen LogP contribution in [0.25, 0.3) is 0 Å². The third kappa shape index (κ3) is 3.96. The lowest BCUT2D eigenvalue weighted by Crippen LogP contribution is -2.35. The van der Waals surface area contributed by atoms with Gasteiger partial charge in [-0.05, 0) is 18.1 Å². The fourth-order valence-electron chi connectivity index (χ4n) is 1.49. The van der Waals surface area contributed by atoms with Crippen LogP contribution in [0.1, 0.15) is 41.0 Å². The van der Waals surface area contributed by atoms with Crippen LogP contribution in [-0.4, -0.2) is 29.9 Å². The Balaban J connectivity index is 2.52. The summed E-state index contributed by atoms with van der Waals surface area (Å²) >= 11 is 0. The van der Waals surface area contributed by atoms with Gasteiger partial charge in [0.15, 0.2) is 0 Å². The molecule has 0 saturated carbocycles. The van der Waals surface area contributed by atoms with Gasteiger partial charge in [-0.15, -0.1) is 0 Å². The Morgan fingerprint density at radius 1 is 1.39 bits per heavy atom. The SMILES string of the molecule is CCC(C)C(O)CNC(=O)c1ccc(C=O)cc1. The van der Waals surface area contributed by atoms with E-state index in [9.17, 15) is 14.7 Å². The monoisotopic (exact) mass is 249 g/mol. The van der Waals surface area contributed by atoms with Crippen LogP contribution in [0, 0.1) is 5.92 Å². The van der Waals surface area contributed by atoms with Crippen molar-refractivity contribution in [3.8, 4) is 0 Å². The molecule has 1 aromatic rings. The number of nitrogens with one attached hydrogen (secondary N) is 1. The minimum absolute atomic E-state index is 0.155. The molecule has 1 aromatic carbocycles. The highest BCUT2D eigenvalue weighted by Gasteiger charge is 2.13. The number of rotatable bonds is 6. The number of carbonyl (C=O) groups is 2. The van der Waals surface area contributed by atoms with Gasteiger partial charge in [-0.2, -0.15) is 0 Å². The van der Waals surface area contributed by atoms with Gasteiger partial charge in [-0.1, -0.05) is 32.4 Å². The first-order valence-corrected chi connectivity index (χ1v) is 6.10. The van der Waals surface area contributed by atoms with Gasteiger partial charge in [0, 0.05) is 17.7 Å². The zero-order valence-corrected chi connectivity index (χ0v) is 10.7. The maximum atomic E-state index is 11.7. The van der Waals surface area contributed by atoms with Crippen LogP contribution < -0.4 is 5.32 Å². The second-order valence-electron chi connectivity index (χ2n) is 4.40. The van der Waals surface area contributed by atoms with Gasteiger partial charge >= 0.3 is 0 Å². The molecule has 0 bridgehead atoms. The molecule has 2 atom stereocenters. The summed E-state index contributed by atoms with van der Waals surface area (Å²) in [5.41, 5.74) is 1.02. The Bertz CT molecular complexity index is 400. The van der Waals surface area contributed by atoms with Crippen LogP contribution in [0.5, 0.6) is 0 Å². The molecule has 0 fully saturated rings. The Hall–Kier alpha value is -1.68. The molecule has 0 radical (unpaired) electrons. The number of aliphatic hydroxyl groups excluding tert-OH is 1. The zero-order chi connectivity index (χ0) is 13.5. The second kappa shape index (κ2) is 6.91. The molecular weight excluding hydrogens is 230 g/mol. The van der Waals surface area contributed by atoms with Crippen molar-refractivity contribution >= 4 is 12.2 Å². The molecule has 18 heavy (non-hydrogen) atoms. The fraction of sp³-hybridized carbons (Fsp3) is 0.429. The van der Waals surface area contributed by atoms with E-state index >= 15 is 0 Å². The summed E-state index contributed by atoms with van der Waals surface area (Å²) in [5, 5.41) is 12.4. The van der Waals surface area contributed by atoms with Gasteiger partial charge in [-0.25, -0.2) is 0 Å². The van der Waals surface area contributed by atoms with E-state index < -0.39 is 6.10 Å². The van der Waals surface area contributed by atoms with Crippen molar-refractivity contribution in [3.05, 3.63) is 35.4 Å². The van der Waals surface area contributed by atoms with E-state index in [0.717, 1.165) is 12.7 Å². The molecule has 4 heteroatoms. The van der Waals surface area contributed by atoms with Crippen LogP contribution in [0.15, 0.2) is 24.3 Å². The summed E-state index contributed by atoms with van der Waals surface area (Å²) in [7, 11) is 0. The lowest BCUT2D eigenvalue weighted by atomic mass is 10.0. The molecule has 0 aliphatic rings. The van der Waals surface area contributed by atoms with Gasteiger partial charge < -0.3 is 10.4 Å². The number of aldehydes is 1. The number of carbonyl (C=O) groups excluding carboxylic acids is 2. The first-order valence-electron chi connectivity index (χ1n) is 6.10. The molecule has 0 aliphatic carbocycles. The van der Waals surface area contributed by atoms with Crippen molar-refractivity contribution in [2.45, 2.75) is 26.4 Å². The van der Waals surface area contributed by atoms with Crippen LogP contribution >= 0.6 is 0 Å². The molecule has 0 aromatic heterocycles. The average molecular weight is 249 g/mol. The Kier molecular flexibility index (Phi) is 5.52. The third-order valence-electron chi connectivity index (χ3n) is 3.08. The summed E-state index contributed by atoms with van der Waals surface area (Å²) in [4.78, 5) is 22.2. The molecule has 0 aliphatic heterocycles. The van der Waals surface area contributed by atoms with Gasteiger partial charge in [0.25, 0.3) is 5.91 Å². The molecule has 2 unspecified atom stereocenters. The van der Waals surface area contributed by atoms with Crippen LogP contribution in [0.4, 0.5) is 0 Å². The van der Waals surface area contributed by atoms with Gasteiger partial charge in [0.05, 0.1) is 6.10 Å². The molecule has 0 spiro atoms. The van der Waals surface area contributed by atoms with E-state index in [1.54, 1.807) is 24.3 Å². The first kappa shape index (κ1) is 14.4. The average Bonchev–Trinajstić information content (AvgIpc) is 2.43. The summed E-state index contributed by atoms with van der Waals surface area (Å²) in [6, 6.07) is 6.36. The first-order chi connectivity index (χ1) is 8.58. The normalized spacial score (nSPS) is 13.7. The Morgan fingerprint density at radius 3 is 2.50 bits per heavy atom. The molecule has 0 heterocycles. The summed E-state index contributed by atoms with van der Waals surface area (Å²) < 4.78 is 0. The maximum absolute atomic E-state index is 11.7. The smallest absolute Gasteiger partial charge is 0.251 e. The predicted molar refractivity (Wildman–Crippen MR) is 69.6 cm³/mol. The predicted octanol–water partition coefficient (Wildman–Crippen LogP) is 1.64. The van der Waals surface area contributed by atoms with Crippen molar-refractivity contribution in [3.63, 3.8) is 0 Å². The lowest BCUT2D eigenvalue weighted by molar-refractivity contribution is 0.0850. The van der Waals surface area contributed by atoms with Crippen molar-refractivity contribution in [1.82, 2.24) is 5.32 Å². The molecule has 1 rings (SSSR count). The van der Waals surface area contributed by atoms with Gasteiger partial charge in [0.2, 0.25) is 0 Å². The highest BCUT2D eigenvalue weighted by molar-refractivity contribution is 5.94. The Morgan fingerprint density at radius 2 is 2.00 bits per heavy atom. The molecule has 2 N–H and O–H groups in total. The summed E-state index contributed by atoms with van der Waals surface area (Å²) in [5.74, 6) is -0.0856. The topological polar surface area (TPSA) is 66.4 Å². The summed E-state index contributed by atoms with van der Waals surface area (Å²) in [6.07, 6.45) is 1.06. The second-order valence-corrected chi connectivity index (χ2v) is 4.40. The van der Waals surface area contributed by atoms with E-state index in [2.05, 4.69) is 5.32 Å². The summed E-state index contributed by atoms with van der Waals surface area (Å²) in [6.45, 7) is 4.17. The zero-order valence-electron chi connectivity index (χ0n) is 10.7. The minimum Gasteiger partial charge on any atom is -0.391 e. The standard InChI is InChI=1S/C14H19NO3/c1-3-10(2)13(17)8-15-14(18)12-6-4-11(9-16)5-7-12/h4-7,9-10,13,17H,3,8H2,1-2H3,(H,15,18). The van der Waals surface area contributed by atoms with E-state index in [-0.39, 0.29) is 18.4 Å². The van der Waals surface area contributed by atoms with Gasteiger partial charge in [-0.3, -0.25) is 9.59 Å². The van der Waals surface area contributed by atoms with Crippen molar-refractivity contribution in [2.75, 3.05) is 6.54 Å². The van der Waals surface area contributed by atoms with Gasteiger partial charge in [0.1, 0.15) is 6.29 Å². The highest BCUT2D eigenvalue weighted by Crippen LogP contribution is 2.07. The quantitative estimate of drug-likeness (QED) is 0.753. The van der Waals surface area contributed by atoms with E-state index in [4.69, 9.17) is 0 Å². The number of benzene rings is 1. The number of hydrogen-bond donors (Lipinski definition) is 2. The molecule has 4 nitrogen and oxygen atoms in total. The van der Waals surface area contributed by atoms with Crippen LogP contribution in [0.2, 0.25) is 0 Å². The maximum Gasteiger partial charge on any atom is 0.251 e. The third-order valence-corrected chi connectivity index (χ3v) is 3.08. The lowest BCUT2D eigenvalue weighted by Gasteiger charge is -2.17. The Labute approximate surface area is 107 Å². The molecular formula is C14H19NO3. The van der Waals surface area contributed by atoms with E-state index in [0.29, 0.717) is 11.1 Å². The molecule has 98 valence electrons. The molecule has 1 amide bonds.